The number of hydrogen-bond donors (Lipinski definition) is 1. The van der Waals surface area contributed by atoms with Gasteiger partial charge < -0.3 is 9.84 Å². The molecule has 8 nitrogen and oxygen atoms in total. The summed E-state index contributed by atoms with van der Waals surface area (Å²) in [4.78, 5) is 55.8. The molecular formula is C17H18O8. The van der Waals surface area contributed by atoms with Gasteiger partial charge in [-0.2, -0.15) is 0 Å². The number of carboxylic acids is 1. The van der Waals surface area contributed by atoms with E-state index in [4.69, 9.17) is 4.74 Å². The number of carbonyl (C=O) groups is 4. The molecule has 0 fully saturated rings. The van der Waals surface area contributed by atoms with Crippen LogP contribution in [0.25, 0.3) is 0 Å². The van der Waals surface area contributed by atoms with E-state index in [2.05, 4.69) is 9.78 Å². The summed E-state index contributed by atoms with van der Waals surface area (Å²) >= 11 is 0. The van der Waals surface area contributed by atoms with Gasteiger partial charge in [-0.15, -0.1) is 0 Å². The number of hydrogen-bond acceptors (Lipinski definition) is 7. The third-order valence-corrected chi connectivity index (χ3v) is 3.65. The van der Waals surface area contributed by atoms with Crippen LogP contribution in [-0.4, -0.2) is 29.0 Å². The number of para-hydroxylation sites is 1. The van der Waals surface area contributed by atoms with E-state index in [0.29, 0.717) is 12.8 Å². The lowest BCUT2D eigenvalue weighted by Gasteiger charge is -2.11. The van der Waals surface area contributed by atoms with Gasteiger partial charge in [0.1, 0.15) is 11.1 Å². The molecule has 2 rings (SSSR count). The van der Waals surface area contributed by atoms with Crippen molar-refractivity contribution < 1.29 is 38.8 Å². The minimum Gasteiger partial charge on any atom is -0.478 e. The van der Waals surface area contributed by atoms with E-state index in [0.717, 1.165) is 19.3 Å². The molecule has 0 spiro atoms. The van der Waals surface area contributed by atoms with Crippen molar-refractivity contribution in [3.63, 3.8) is 0 Å². The number of benzene rings is 1. The van der Waals surface area contributed by atoms with Crippen LogP contribution in [-0.2, 0) is 19.4 Å². The first kappa shape index (κ1) is 18.4. The molecule has 0 amide bonds. The molecular weight excluding hydrogens is 332 g/mol. The van der Waals surface area contributed by atoms with Gasteiger partial charge >= 0.3 is 23.9 Å². The maximum atomic E-state index is 12.1. The van der Waals surface area contributed by atoms with Crippen LogP contribution < -0.4 is 4.74 Å². The first-order valence-electron chi connectivity index (χ1n) is 7.97. The minimum atomic E-state index is -1.37. The molecule has 1 heterocycles. The zero-order valence-corrected chi connectivity index (χ0v) is 13.5. The van der Waals surface area contributed by atoms with Crippen molar-refractivity contribution in [2.75, 3.05) is 0 Å². The molecule has 0 saturated carbocycles. The smallest absolute Gasteiger partial charge is 0.390 e. The summed E-state index contributed by atoms with van der Waals surface area (Å²) in [5.41, 5.74) is -0.672. The molecule has 0 aliphatic carbocycles. The van der Waals surface area contributed by atoms with E-state index in [-0.39, 0.29) is 24.0 Å². The Bertz CT molecular complexity index is 679. The first-order valence-corrected chi connectivity index (χ1v) is 7.97. The SMILES string of the molecule is O=C1CCCCCCCC(=O)Oc2c(C(=O)O)cccc2C(=O)OO1. The summed E-state index contributed by atoms with van der Waals surface area (Å²) in [5, 5.41) is 9.23. The molecule has 134 valence electrons. The summed E-state index contributed by atoms with van der Waals surface area (Å²) < 4.78 is 5.10. The summed E-state index contributed by atoms with van der Waals surface area (Å²) in [5.74, 6) is -4.25. The fourth-order valence-corrected chi connectivity index (χ4v) is 2.38. The summed E-state index contributed by atoms with van der Waals surface area (Å²) in [6, 6.07) is 3.72. The highest BCUT2D eigenvalue weighted by Crippen LogP contribution is 2.26. The van der Waals surface area contributed by atoms with Crippen LogP contribution in [0.15, 0.2) is 18.2 Å². The molecule has 8 heteroatoms. The largest absolute Gasteiger partial charge is 0.478 e. The van der Waals surface area contributed by atoms with Crippen molar-refractivity contribution in [1.82, 2.24) is 0 Å². The third-order valence-electron chi connectivity index (χ3n) is 3.65. The van der Waals surface area contributed by atoms with Crippen molar-refractivity contribution in [2.45, 2.75) is 44.9 Å². The fraction of sp³-hybridized carbons (Fsp3) is 0.412. The predicted molar refractivity (Wildman–Crippen MR) is 82.9 cm³/mol. The van der Waals surface area contributed by atoms with Crippen LogP contribution >= 0.6 is 0 Å². The molecule has 1 aromatic rings. The maximum absolute atomic E-state index is 12.1. The van der Waals surface area contributed by atoms with Gasteiger partial charge in [0.05, 0.1) is 6.42 Å². The average molecular weight is 350 g/mol. The third kappa shape index (κ3) is 5.30. The number of fused-ring (bicyclic) bond motifs is 1. The highest BCUT2D eigenvalue weighted by Gasteiger charge is 2.25. The summed E-state index contributed by atoms with van der Waals surface area (Å²) in [6.07, 6.45) is 3.73. The van der Waals surface area contributed by atoms with Gasteiger partial charge in [0.15, 0.2) is 5.75 Å². The Morgan fingerprint density at radius 2 is 1.52 bits per heavy atom. The monoisotopic (exact) mass is 350 g/mol. The van der Waals surface area contributed by atoms with Gasteiger partial charge in [-0.05, 0) is 25.0 Å². The molecule has 0 bridgehead atoms. The Labute approximate surface area is 143 Å². The van der Waals surface area contributed by atoms with Crippen LogP contribution in [0.5, 0.6) is 5.75 Å². The Morgan fingerprint density at radius 3 is 2.20 bits per heavy atom. The number of carboxylic acid groups (broad SMARTS) is 1. The predicted octanol–water partition coefficient (Wildman–Crippen LogP) is 2.65. The molecule has 0 atom stereocenters. The van der Waals surface area contributed by atoms with Crippen molar-refractivity contribution in [3.8, 4) is 5.75 Å². The molecule has 1 aromatic carbocycles. The lowest BCUT2D eigenvalue weighted by atomic mass is 10.1. The van der Waals surface area contributed by atoms with Gasteiger partial charge in [0.2, 0.25) is 0 Å². The molecule has 25 heavy (non-hydrogen) atoms. The molecule has 0 saturated heterocycles. The van der Waals surface area contributed by atoms with Crippen LogP contribution in [0, 0.1) is 0 Å². The van der Waals surface area contributed by atoms with Gasteiger partial charge in [-0.25, -0.2) is 24.2 Å². The molecule has 0 unspecified atom stereocenters. The second-order valence-electron chi connectivity index (χ2n) is 5.56. The topological polar surface area (TPSA) is 116 Å². The maximum Gasteiger partial charge on any atom is 0.390 e. The lowest BCUT2D eigenvalue weighted by molar-refractivity contribution is -0.234. The highest BCUT2D eigenvalue weighted by molar-refractivity contribution is 6.00. The highest BCUT2D eigenvalue weighted by atomic mass is 17.2. The molecule has 1 N–H and O–H groups in total. The van der Waals surface area contributed by atoms with Crippen LogP contribution in [0.4, 0.5) is 0 Å². The van der Waals surface area contributed by atoms with Crippen molar-refractivity contribution in [2.24, 2.45) is 0 Å². The van der Waals surface area contributed by atoms with Crippen molar-refractivity contribution >= 4 is 23.9 Å². The fourth-order valence-electron chi connectivity index (χ4n) is 2.38. The number of carbonyl (C=O) groups excluding carboxylic acids is 3. The van der Waals surface area contributed by atoms with Crippen molar-refractivity contribution in [3.05, 3.63) is 29.3 Å². The zero-order chi connectivity index (χ0) is 18.2. The normalized spacial score (nSPS) is 17.2. The zero-order valence-electron chi connectivity index (χ0n) is 13.5. The minimum absolute atomic E-state index is 0.0951. The van der Waals surface area contributed by atoms with Crippen molar-refractivity contribution in [1.29, 1.82) is 0 Å². The van der Waals surface area contributed by atoms with E-state index in [1.54, 1.807) is 0 Å². The van der Waals surface area contributed by atoms with E-state index in [9.17, 15) is 24.3 Å². The Balaban J connectivity index is 2.31. The summed E-state index contributed by atoms with van der Waals surface area (Å²) in [7, 11) is 0. The first-order chi connectivity index (χ1) is 12.0. The Morgan fingerprint density at radius 1 is 0.880 bits per heavy atom. The second kappa shape index (κ2) is 8.81. The number of aromatic carboxylic acids is 1. The molecule has 1 aliphatic rings. The van der Waals surface area contributed by atoms with E-state index >= 15 is 0 Å². The van der Waals surface area contributed by atoms with E-state index in [1.165, 1.54) is 18.2 Å². The number of ether oxygens (including phenoxy) is 1. The number of esters is 1. The lowest BCUT2D eigenvalue weighted by Crippen LogP contribution is -2.17. The van der Waals surface area contributed by atoms with Gasteiger partial charge in [0.25, 0.3) is 0 Å². The van der Waals surface area contributed by atoms with Gasteiger partial charge in [-0.3, -0.25) is 4.79 Å². The standard InChI is InChI=1S/C17H18O8/c18-13-9-4-2-1-3-5-10-14(19)24-25-17(22)12-8-6-7-11(16(20)21)15(12)23-13/h6-8H,1-5,9-10H2,(H,20,21). The summed E-state index contributed by atoms with van der Waals surface area (Å²) in [6.45, 7) is 0. The van der Waals surface area contributed by atoms with Crippen LogP contribution in [0.3, 0.4) is 0 Å². The average Bonchev–Trinajstić information content (AvgIpc) is 2.58. The Hall–Kier alpha value is -2.90. The quantitative estimate of drug-likeness (QED) is 0.467. The molecule has 1 aliphatic heterocycles. The molecule has 0 aromatic heterocycles. The molecule has 0 radical (unpaired) electrons. The second-order valence-corrected chi connectivity index (χ2v) is 5.56. The van der Waals surface area contributed by atoms with Gasteiger partial charge in [-0.1, -0.05) is 25.3 Å². The van der Waals surface area contributed by atoms with Crippen LogP contribution in [0.2, 0.25) is 0 Å². The van der Waals surface area contributed by atoms with Crippen LogP contribution in [0.1, 0.15) is 65.7 Å². The number of rotatable bonds is 1. The van der Waals surface area contributed by atoms with Gasteiger partial charge in [0, 0.05) is 6.42 Å². The Kier molecular flexibility index (Phi) is 6.50. The van der Waals surface area contributed by atoms with E-state index in [1.807, 2.05) is 0 Å². The van der Waals surface area contributed by atoms with E-state index < -0.39 is 29.6 Å².